The summed E-state index contributed by atoms with van der Waals surface area (Å²) in [6.45, 7) is 2.59. The van der Waals surface area contributed by atoms with E-state index < -0.39 is 10.0 Å². The molecule has 0 bridgehead atoms. The van der Waals surface area contributed by atoms with Crippen LogP contribution < -0.4 is 4.74 Å². The molecule has 1 aromatic rings. The van der Waals surface area contributed by atoms with Gasteiger partial charge in [0.05, 0.1) is 16.0 Å². The second-order valence-corrected chi connectivity index (χ2v) is 8.61. The number of nitrogens with zero attached hydrogens (tertiary/aromatic N) is 1. The van der Waals surface area contributed by atoms with Crippen LogP contribution in [0.4, 0.5) is 0 Å². The van der Waals surface area contributed by atoms with Crippen LogP contribution in [0.1, 0.15) is 45.4 Å². The molecule has 124 valence electrons. The summed E-state index contributed by atoms with van der Waals surface area (Å²) in [7, 11) is -1.78. The van der Waals surface area contributed by atoms with Gasteiger partial charge in [-0.05, 0) is 47.3 Å². The second-order valence-electron chi connectivity index (χ2n) is 5.75. The molecule has 0 N–H and O–H groups in total. The summed E-state index contributed by atoms with van der Waals surface area (Å²) in [5.41, 5.74) is 0. The molecule has 0 unspecified atom stereocenters. The molecule has 1 saturated carbocycles. The van der Waals surface area contributed by atoms with E-state index in [1.54, 1.807) is 29.6 Å². The van der Waals surface area contributed by atoms with Gasteiger partial charge in [-0.15, -0.1) is 0 Å². The number of halogens is 1. The van der Waals surface area contributed by atoms with E-state index in [4.69, 9.17) is 4.74 Å². The molecular formula is C16H24BrNO3S. The molecule has 0 aromatic heterocycles. The molecule has 0 amide bonds. The quantitative estimate of drug-likeness (QED) is 0.732. The molecule has 0 saturated heterocycles. The number of hydrogen-bond donors (Lipinski definition) is 0. The third-order valence-corrected chi connectivity index (χ3v) is 6.69. The summed E-state index contributed by atoms with van der Waals surface area (Å²) < 4.78 is 33.6. The lowest BCUT2D eigenvalue weighted by molar-refractivity contribution is 0.285. The topological polar surface area (TPSA) is 46.6 Å². The van der Waals surface area contributed by atoms with Crippen molar-refractivity contribution in [1.29, 1.82) is 0 Å². The highest BCUT2D eigenvalue weighted by Crippen LogP contribution is 2.31. The van der Waals surface area contributed by atoms with E-state index >= 15 is 0 Å². The fraction of sp³-hybridized carbons (Fsp3) is 0.625. The van der Waals surface area contributed by atoms with Crippen LogP contribution in [0.25, 0.3) is 0 Å². The van der Waals surface area contributed by atoms with Crippen LogP contribution in [-0.4, -0.2) is 32.4 Å². The maximum atomic E-state index is 12.8. The van der Waals surface area contributed by atoms with E-state index in [1.807, 2.05) is 6.92 Å². The number of ether oxygens (including phenoxy) is 1. The van der Waals surface area contributed by atoms with Crippen molar-refractivity contribution < 1.29 is 13.2 Å². The largest absolute Gasteiger partial charge is 0.492 e. The molecule has 22 heavy (non-hydrogen) atoms. The van der Waals surface area contributed by atoms with Crippen molar-refractivity contribution in [2.45, 2.75) is 56.4 Å². The van der Waals surface area contributed by atoms with Crippen molar-refractivity contribution in [3.63, 3.8) is 0 Å². The Hall–Kier alpha value is -0.590. The standard InChI is InChI=1S/C16H24BrNO3S/c1-3-11-21-16-12-14(9-10-15(16)17)22(19,20)18(2)13-7-5-4-6-8-13/h9-10,12-13H,3-8,11H2,1-2H3. The summed E-state index contributed by atoms with van der Waals surface area (Å²) in [5.74, 6) is 0.583. The van der Waals surface area contributed by atoms with Crippen molar-refractivity contribution in [2.75, 3.05) is 13.7 Å². The predicted molar refractivity (Wildman–Crippen MR) is 91.7 cm³/mol. The van der Waals surface area contributed by atoms with Gasteiger partial charge in [0.15, 0.2) is 0 Å². The van der Waals surface area contributed by atoms with Crippen molar-refractivity contribution in [1.82, 2.24) is 4.31 Å². The lowest BCUT2D eigenvalue weighted by Crippen LogP contribution is -2.38. The SMILES string of the molecule is CCCOc1cc(S(=O)(=O)N(C)C2CCCCC2)ccc1Br. The Bertz CT molecular complexity index is 597. The summed E-state index contributed by atoms with van der Waals surface area (Å²) >= 11 is 3.41. The summed E-state index contributed by atoms with van der Waals surface area (Å²) in [6, 6.07) is 5.11. The average Bonchev–Trinajstić information content (AvgIpc) is 2.54. The Morgan fingerprint density at radius 2 is 1.95 bits per heavy atom. The Morgan fingerprint density at radius 3 is 2.59 bits per heavy atom. The average molecular weight is 390 g/mol. The molecule has 4 nitrogen and oxygen atoms in total. The minimum Gasteiger partial charge on any atom is -0.492 e. The van der Waals surface area contributed by atoms with Gasteiger partial charge in [-0.1, -0.05) is 26.2 Å². The van der Waals surface area contributed by atoms with Gasteiger partial charge < -0.3 is 4.74 Å². The minimum absolute atomic E-state index is 0.113. The van der Waals surface area contributed by atoms with Crippen LogP contribution >= 0.6 is 15.9 Å². The molecule has 6 heteroatoms. The highest BCUT2D eigenvalue weighted by molar-refractivity contribution is 9.10. The minimum atomic E-state index is -3.47. The number of benzene rings is 1. The molecule has 0 heterocycles. The van der Waals surface area contributed by atoms with Crippen LogP contribution in [0, 0.1) is 0 Å². The molecule has 2 rings (SSSR count). The van der Waals surface area contributed by atoms with E-state index in [9.17, 15) is 8.42 Å². The lowest BCUT2D eigenvalue weighted by Gasteiger charge is -2.30. The van der Waals surface area contributed by atoms with Crippen LogP contribution in [0.3, 0.4) is 0 Å². The molecular weight excluding hydrogens is 366 g/mol. The lowest BCUT2D eigenvalue weighted by atomic mass is 9.96. The van der Waals surface area contributed by atoms with Gasteiger partial charge in [-0.2, -0.15) is 4.31 Å². The number of sulfonamides is 1. The van der Waals surface area contributed by atoms with Gasteiger partial charge in [0, 0.05) is 19.2 Å². The van der Waals surface area contributed by atoms with Gasteiger partial charge >= 0.3 is 0 Å². The fourth-order valence-electron chi connectivity index (χ4n) is 2.77. The molecule has 1 aromatic carbocycles. The Balaban J connectivity index is 2.24. The fourth-order valence-corrected chi connectivity index (χ4v) is 4.57. The van der Waals surface area contributed by atoms with Crippen molar-refractivity contribution >= 4 is 26.0 Å². The normalized spacial score (nSPS) is 16.9. The first-order valence-electron chi connectivity index (χ1n) is 7.87. The Morgan fingerprint density at radius 1 is 1.27 bits per heavy atom. The molecule has 1 fully saturated rings. The van der Waals surface area contributed by atoms with E-state index in [0.29, 0.717) is 17.3 Å². The van der Waals surface area contributed by atoms with Crippen LogP contribution in [0.2, 0.25) is 0 Å². The Kier molecular flexibility index (Phi) is 6.29. The third-order valence-electron chi connectivity index (χ3n) is 4.13. The smallest absolute Gasteiger partial charge is 0.243 e. The van der Waals surface area contributed by atoms with Gasteiger partial charge in [-0.25, -0.2) is 8.42 Å². The first-order chi connectivity index (χ1) is 10.5. The summed E-state index contributed by atoms with van der Waals surface area (Å²) in [6.07, 6.45) is 6.20. The van der Waals surface area contributed by atoms with E-state index in [1.165, 1.54) is 6.42 Å². The maximum Gasteiger partial charge on any atom is 0.243 e. The summed E-state index contributed by atoms with van der Waals surface area (Å²) in [5, 5.41) is 0. The maximum absolute atomic E-state index is 12.8. The monoisotopic (exact) mass is 389 g/mol. The molecule has 0 atom stereocenters. The van der Waals surface area contributed by atoms with Gasteiger partial charge in [0.1, 0.15) is 5.75 Å². The summed E-state index contributed by atoms with van der Waals surface area (Å²) in [4.78, 5) is 0.301. The molecule has 0 spiro atoms. The zero-order valence-corrected chi connectivity index (χ0v) is 15.6. The zero-order valence-electron chi connectivity index (χ0n) is 13.2. The van der Waals surface area contributed by atoms with Gasteiger partial charge in [0.25, 0.3) is 0 Å². The first-order valence-corrected chi connectivity index (χ1v) is 10.1. The predicted octanol–water partition coefficient (Wildman–Crippen LogP) is 4.19. The Labute approximate surface area is 142 Å². The molecule has 0 radical (unpaired) electrons. The molecule has 0 aliphatic heterocycles. The third kappa shape index (κ3) is 4.03. The number of rotatable bonds is 6. The van der Waals surface area contributed by atoms with E-state index in [2.05, 4.69) is 15.9 Å². The van der Waals surface area contributed by atoms with Crippen LogP contribution in [0.15, 0.2) is 27.6 Å². The zero-order chi connectivity index (χ0) is 16.2. The first kappa shape index (κ1) is 17.8. The van der Waals surface area contributed by atoms with Gasteiger partial charge in [-0.3, -0.25) is 0 Å². The van der Waals surface area contributed by atoms with Crippen molar-refractivity contribution in [2.24, 2.45) is 0 Å². The molecule has 1 aliphatic carbocycles. The van der Waals surface area contributed by atoms with E-state index in [0.717, 1.165) is 36.6 Å². The molecule has 1 aliphatic rings. The van der Waals surface area contributed by atoms with Gasteiger partial charge in [0.2, 0.25) is 10.0 Å². The second kappa shape index (κ2) is 7.79. The van der Waals surface area contributed by atoms with Crippen LogP contribution in [-0.2, 0) is 10.0 Å². The van der Waals surface area contributed by atoms with Crippen LogP contribution in [0.5, 0.6) is 5.75 Å². The highest BCUT2D eigenvalue weighted by Gasteiger charge is 2.29. The highest BCUT2D eigenvalue weighted by atomic mass is 79.9. The van der Waals surface area contributed by atoms with Crippen molar-refractivity contribution in [3.05, 3.63) is 22.7 Å². The number of hydrogen-bond acceptors (Lipinski definition) is 3. The van der Waals surface area contributed by atoms with E-state index in [-0.39, 0.29) is 6.04 Å². The van der Waals surface area contributed by atoms with Crippen molar-refractivity contribution in [3.8, 4) is 5.75 Å².